The lowest BCUT2D eigenvalue weighted by Gasteiger charge is -2.36. The van der Waals surface area contributed by atoms with E-state index >= 15 is 0 Å². The third-order valence-corrected chi connectivity index (χ3v) is 5.27. The number of anilines is 1. The van der Waals surface area contributed by atoms with Gasteiger partial charge in [-0.15, -0.1) is 0 Å². The van der Waals surface area contributed by atoms with Crippen molar-refractivity contribution in [3.05, 3.63) is 64.7 Å². The Labute approximate surface area is 161 Å². The van der Waals surface area contributed by atoms with Gasteiger partial charge in [-0.3, -0.25) is 4.90 Å². The van der Waals surface area contributed by atoms with Gasteiger partial charge in [0.1, 0.15) is 0 Å². The van der Waals surface area contributed by atoms with Crippen molar-refractivity contribution in [3.8, 4) is 6.07 Å². The third kappa shape index (κ3) is 4.60. The molecule has 0 saturated carbocycles. The Hall–Kier alpha value is -2.42. The fourth-order valence-corrected chi connectivity index (χ4v) is 3.37. The molecule has 4 nitrogen and oxygen atoms in total. The van der Waals surface area contributed by atoms with E-state index in [4.69, 9.17) is 17.5 Å². The zero-order valence-corrected chi connectivity index (χ0v) is 16.1. The molecular formula is C21H24N4S. The van der Waals surface area contributed by atoms with Crippen LogP contribution in [0.1, 0.15) is 22.3 Å². The van der Waals surface area contributed by atoms with Crippen LogP contribution in [0.5, 0.6) is 0 Å². The van der Waals surface area contributed by atoms with Crippen LogP contribution >= 0.6 is 12.2 Å². The minimum Gasteiger partial charge on any atom is -0.346 e. The maximum Gasteiger partial charge on any atom is 0.173 e. The Morgan fingerprint density at radius 3 is 2.35 bits per heavy atom. The van der Waals surface area contributed by atoms with Crippen LogP contribution in [-0.2, 0) is 6.54 Å². The van der Waals surface area contributed by atoms with E-state index in [1.54, 1.807) is 0 Å². The molecular weight excluding hydrogens is 340 g/mol. The largest absolute Gasteiger partial charge is 0.346 e. The van der Waals surface area contributed by atoms with E-state index in [0.717, 1.165) is 43.5 Å². The molecule has 0 bridgehead atoms. The van der Waals surface area contributed by atoms with Crippen LogP contribution in [0.3, 0.4) is 0 Å². The first-order valence-electron chi connectivity index (χ1n) is 8.90. The first kappa shape index (κ1) is 18.4. The van der Waals surface area contributed by atoms with Gasteiger partial charge in [0.15, 0.2) is 5.11 Å². The lowest BCUT2D eigenvalue weighted by Crippen LogP contribution is -2.49. The monoisotopic (exact) mass is 364 g/mol. The Kier molecular flexibility index (Phi) is 5.87. The first-order chi connectivity index (χ1) is 12.5. The molecule has 1 saturated heterocycles. The fraction of sp³-hybridized carbons (Fsp3) is 0.333. The highest BCUT2D eigenvalue weighted by Gasteiger charge is 2.19. The van der Waals surface area contributed by atoms with Crippen molar-refractivity contribution >= 4 is 23.0 Å². The summed E-state index contributed by atoms with van der Waals surface area (Å²) >= 11 is 5.59. The molecule has 5 heteroatoms. The molecule has 1 aliphatic rings. The number of nitrogens with one attached hydrogen (secondary N) is 1. The second-order valence-corrected chi connectivity index (χ2v) is 7.19. The van der Waals surface area contributed by atoms with E-state index in [2.05, 4.69) is 53.2 Å². The smallest absolute Gasteiger partial charge is 0.173 e. The van der Waals surface area contributed by atoms with Crippen LogP contribution in [0, 0.1) is 25.2 Å². The van der Waals surface area contributed by atoms with Gasteiger partial charge in [-0.25, -0.2) is 0 Å². The Bertz CT molecular complexity index is 815. The second-order valence-electron chi connectivity index (χ2n) is 6.80. The zero-order valence-electron chi connectivity index (χ0n) is 15.3. The van der Waals surface area contributed by atoms with Crippen LogP contribution in [0.25, 0.3) is 0 Å². The minimum absolute atomic E-state index is 0.710. The van der Waals surface area contributed by atoms with Crippen molar-refractivity contribution in [1.29, 1.82) is 5.26 Å². The molecule has 1 N–H and O–H groups in total. The van der Waals surface area contributed by atoms with Crippen LogP contribution in [0.2, 0.25) is 0 Å². The molecule has 0 amide bonds. The van der Waals surface area contributed by atoms with Crippen molar-refractivity contribution in [2.45, 2.75) is 20.4 Å². The van der Waals surface area contributed by atoms with Crippen molar-refractivity contribution in [2.24, 2.45) is 0 Å². The summed E-state index contributed by atoms with van der Waals surface area (Å²) in [7, 11) is 0. The van der Waals surface area contributed by atoms with Gasteiger partial charge in [-0.2, -0.15) is 5.26 Å². The number of benzene rings is 2. The van der Waals surface area contributed by atoms with Gasteiger partial charge in [0.2, 0.25) is 0 Å². The summed E-state index contributed by atoms with van der Waals surface area (Å²) < 4.78 is 0. The van der Waals surface area contributed by atoms with Gasteiger partial charge in [0, 0.05) is 38.4 Å². The van der Waals surface area contributed by atoms with E-state index in [9.17, 15) is 0 Å². The summed E-state index contributed by atoms with van der Waals surface area (Å²) in [6.45, 7) is 8.95. The van der Waals surface area contributed by atoms with Crippen LogP contribution in [0.15, 0.2) is 42.5 Å². The number of hydrogen-bond acceptors (Lipinski definition) is 3. The number of nitrogens with zero attached hydrogens (tertiary/aromatic N) is 3. The minimum atomic E-state index is 0.710. The molecule has 1 heterocycles. The van der Waals surface area contributed by atoms with Crippen LogP contribution < -0.4 is 5.32 Å². The van der Waals surface area contributed by atoms with Crippen LogP contribution in [0.4, 0.5) is 5.69 Å². The zero-order chi connectivity index (χ0) is 18.5. The number of thiocarbonyl (C=S) groups is 1. The standard InChI is InChI=1S/C21H24N4S/c1-16-3-8-20(13-17(16)2)23-21(26)25-11-9-24(10-12-25)15-19-6-4-18(14-22)5-7-19/h3-8,13H,9-12,15H2,1-2H3,(H,23,26). The van der Waals surface area contributed by atoms with Crippen molar-refractivity contribution in [2.75, 3.05) is 31.5 Å². The molecule has 0 spiro atoms. The van der Waals surface area contributed by atoms with E-state index in [0.29, 0.717) is 5.56 Å². The Balaban J connectivity index is 1.50. The van der Waals surface area contributed by atoms with E-state index in [1.807, 2.05) is 24.3 Å². The average molecular weight is 365 g/mol. The van der Waals surface area contributed by atoms with Gasteiger partial charge in [-0.1, -0.05) is 18.2 Å². The van der Waals surface area contributed by atoms with E-state index in [-0.39, 0.29) is 0 Å². The predicted octanol–water partition coefficient (Wildman–Crippen LogP) is 3.69. The quantitative estimate of drug-likeness (QED) is 0.842. The number of nitriles is 1. The summed E-state index contributed by atoms with van der Waals surface area (Å²) in [4.78, 5) is 4.66. The van der Waals surface area contributed by atoms with Gasteiger partial charge in [0.25, 0.3) is 0 Å². The normalized spacial score (nSPS) is 14.7. The molecule has 0 atom stereocenters. The molecule has 26 heavy (non-hydrogen) atoms. The molecule has 1 aliphatic heterocycles. The number of rotatable bonds is 3. The Morgan fingerprint density at radius 1 is 1.04 bits per heavy atom. The summed E-state index contributed by atoms with van der Waals surface area (Å²) in [6.07, 6.45) is 0. The van der Waals surface area contributed by atoms with Crippen molar-refractivity contribution < 1.29 is 0 Å². The molecule has 134 valence electrons. The van der Waals surface area contributed by atoms with Gasteiger partial charge in [-0.05, 0) is 67.0 Å². The predicted molar refractivity (Wildman–Crippen MR) is 110 cm³/mol. The maximum atomic E-state index is 8.88. The summed E-state index contributed by atoms with van der Waals surface area (Å²) in [5.41, 5.74) is 5.57. The molecule has 0 unspecified atom stereocenters. The summed E-state index contributed by atoms with van der Waals surface area (Å²) in [5, 5.41) is 13.0. The molecule has 0 aromatic heterocycles. The first-order valence-corrected chi connectivity index (χ1v) is 9.30. The van der Waals surface area contributed by atoms with Crippen molar-refractivity contribution in [3.63, 3.8) is 0 Å². The van der Waals surface area contributed by atoms with Crippen molar-refractivity contribution in [1.82, 2.24) is 9.80 Å². The van der Waals surface area contributed by atoms with Gasteiger partial charge >= 0.3 is 0 Å². The SMILES string of the molecule is Cc1ccc(NC(=S)N2CCN(Cc3ccc(C#N)cc3)CC2)cc1C. The highest BCUT2D eigenvalue weighted by Crippen LogP contribution is 2.16. The fourth-order valence-electron chi connectivity index (χ4n) is 3.07. The number of aryl methyl sites for hydroxylation is 2. The van der Waals surface area contributed by atoms with E-state index < -0.39 is 0 Å². The van der Waals surface area contributed by atoms with Gasteiger partial charge in [0.05, 0.1) is 11.6 Å². The molecule has 2 aromatic carbocycles. The molecule has 0 radical (unpaired) electrons. The topological polar surface area (TPSA) is 42.3 Å². The van der Waals surface area contributed by atoms with Crippen LogP contribution in [-0.4, -0.2) is 41.1 Å². The number of hydrogen-bond donors (Lipinski definition) is 1. The third-order valence-electron chi connectivity index (χ3n) is 4.91. The summed E-state index contributed by atoms with van der Waals surface area (Å²) in [5.74, 6) is 0. The van der Waals surface area contributed by atoms with E-state index in [1.165, 1.54) is 16.7 Å². The number of piperazine rings is 1. The second kappa shape index (κ2) is 8.31. The maximum absolute atomic E-state index is 8.88. The molecule has 0 aliphatic carbocycles. The van der Waals surface area contributed by atoms with Gasteiger partial charge < -0.3 is 10.2 Å². The Morgan fingerprint density at radius 2 is 1.73 bits per heavy atom. The summed E-state index contributed by atoms with van der Waals surface area (Å²) in [6, 6.07) is 16.3. The lowest BCUT2D eigenvalue weighted by molar-refractivity contribution is 0.177. The molecule has 1 fully saturated rings. The highest BCUT2D eigenvalue weighted by molar-refractivity contribution is 7.80. The lowest BCUT2D eigenvalue weighted by atomic mass is 10.1. The average Bonchev–Trinajstić information content (AvgIpc) is 2.66. The molecule has 2 aromatic rings. The molecule has 3 rings (SSSR count). The highest BCUT2D eigenvalue weighted by atomic mass is 32.1.